The highest BCUT2D eigenvalue weighted by Crippen LogP contribution is 2.30. The molecule has 0 saturated carbocycles. The van der Waals surface area contributed by atoms with E-state index in [1.807, 2.05) is 0 Å². The number of ether oxygens (including phenoxy) is 2. The fourth-order valence-corrected chi connectivity index (χ4v) is 3.11. The van der Waals surface area contributed by atoms with Crippen LogP contribution in [0, 0.1) is 0 Å². The molecule has 2 aromatic carbocycles. The highest BCUT2D eigenvalue weighted by atomic mass is 35.6. The standard InChI is InChI=1S/C19H19Cl4N3O3S/c1-28-14-8-3-11(9-15(14)29-2)10-16(27)25-17(19(21,22)23)26-18(30)24-13-6-4-12(20)5-7-13/h3-9,17H,10H2,1-2H3,(H,25,27)(H2,24,26,30). The Morgan fingerprint density at radius 3 is 2.23 bits per heavy atom. The molecule has 0 fully saturated rings. The normalized spacial score (nSPS) is 11.9. The van der Waals surface area contributed by atoms with Crippen molar-refractivity contribution in [1.29, 1.82) is 0 Å². The van der Waals surface area contributed by atoms with Crippen LogP contribution in [0.4, 0.5) is 5.69 Å². The first kappa shape index (κ1) is 24.6. The SMILES string of the molecule is COc1ccc(CC(=O)NC(NC(=S)Nc2ccc(Cl)cc2)C(Cl)(Cl)Cl)cc1OC. The first-order valence-electron chi connectivity index (χ1n) is 8.52. The van der Waals surface area contributed by atoms with Crippen LogP contribution in [0.15, 0.2) is 42.5 Å². The number of methoxy groups -OCH3 is 2. The van der Waals surface area contributed by atoms with E-state index in [0.29, 0.717) is 27.8 Å². The Kier molecular flexibility index (Phi) is 9.12. The van der Waals surface area contributed by atoms with Crippen molar-refractivity contribution < 1.29 is 14.3 Å². The van der Waals surface area contributed by atoms with Gasteiger partial charge in [0, 0.05) is 10.7 Å². The van der Waals surface area contributed by atoms with Crippen molar-refractivity contribution in [1.82, 2.24) is 10.6 Å². The molecule has 11 heteroatoms. The maximum atomic E-state index is 12.5. The van der Waals surface area contributed by atoms with Crippen LogP contribution in [-0.2, 0) is 11.2 Å². The summed E-state index contributed by atoms with van der Waals surface area (Å²) in [5, 5.41) is 9.09. The minimum atomic E-state index is -1.86. The third kappa shape index (κ3) is 7.56. The number of anilines is 1. The van der Waals surface area contributed by atoms with E-state index in [-0.39, 0.29) is 17.4 Å². The molecule has 0 aromatic heterocycles. The number of carbonyl (C=O) groups excluding carboxylic acids is 1. The molecule has 6 nitrogen and oxygen atoms in total. The fraction of sp³-hybridized carbons (Fsp3) is 0.263. The number of halogens is 4. The summed E-state index contributed by atoms with van der Waals surface area (Å²) in [5.41, 5.74) is 1.37. The first-order chi connectivity index (χ1) is 14.1. The molecular weight excluding hydrogens is 492 g/mol. The van der Waals surface area contributed by atoms with E-state index >= 15 is 0 Å². The minimum Gasteiger partial charge on any atom is -0.493 e. The Morgan fingerprint density at radius 2 is 1.67 bits per heavy atom. The summed E-state index contributed by atoms with van der Waals surface area (Å²) < 4.78 is 8.57. The molecule has 0 spiro atoms. The van der Waals surface area contributed by atoms with E-state index in [9.17, 15) is 4.79 Å². The van der Waals surface area contributed by atoms with Gasteiger partial charge in [0.1, 0.15) is 6.17 Å². The molecule has 0 aliphatic rings. The first-order valence-corrected chi connectivity index (χ1v) is 10.4. The van der Waals surface area contributed by atoms with Crippen LogP contribution >= 0.6 is 58.6 Å². The number of carbonyl (C=O) groups is 1. The van der Waals surface area contributed by atoms with Gasteiger partial charge >= 0.3 is 0 Å². The monoisotopic (exact) mass is 509 g/mol. The summed E-state index contributed by atoms with van der Waals surface area (Å²) in [6, 6.07) is 12.0. The van der Waals surface area contributed by atoms with Gasteiger partial charge in [0.15, 0.2) is 16.6 Å². The van der Waals surface area contributed by atoms with Gasteiger partial charge in [-0.1, -0.05) is 52.5 Å². The molecule has 30 heavy (non-hydrogen) atoms. The van der Waals surface area contributed by atoms with Crippen LogP contribution in [0.2, 0.25) is 5.02 Å². The number of thiocarbonyl (C=S) groups is 1. The molecule has 2 aromatic rings. The Morgan fingerprint density at radius 1 is 1.03 bits per heavy atom. The second-order valence-corrected chi connectivity index (χ2v) is 9.23. The number of alkyl halides is 3. The topological polar surface area (TPSA) is 71.6 Å². The van der Waals surface area contributed by atoms with Crippen LogP contribution < -0.4 is 25.4 Å². The molecule has 0 aliphatic heterocycles. The Labute approximate surface area is 200 Å². The molecule has 0 radical (unpaired) electrons. The van der Waals surface area contributed by atoms with Crippen molar-refractivity contribution >= 4 is 75.3 Å². The van der Waals surface area contributed by atoms with Gasteiger partial charge in [-0.3, -0.25) is 4.79 Å². The summed E-state index contributed by atoms with van der Waals surface area (Å²) in [6.45, 7) is 0. The third-order valence-corrected chi connectivity index (χ3v) is 4.95. The van der Waals surface area contributed by atoms with Gasteiger partial charge in [-0.05, 0) is 54.2 Å². The van der Waals surface area contributed by atoms with E-state index in [1.54, 1.807) is 42.5 Å². The second-order valence-electron chi connectivity index (χ2n) is 6.01. The van der Waals surface area contributed by atoms with Crippen LogP contribution in [0.1, 0.15) is 5.56 Å². The average molecular weight is 511 g/mol. The van der Waals surface area contributed by atoms with Crippen LogP contribution in [-0.4, -0.2) is 35.2 Å². The Balaban J connectivity index is 2.02. The van der Waals surface area contributed by atoms with E-state index in [4.69, 9.17) is 68.1 Å². The van der Waals surface area contributed by atoms with Crippen molar-refractivity contribution in [2.45, 2.75) is 16.4 Å². The summed E-state index contributed by atoms with van der Waals surface area (Å²) in [5.74, 6) is 0.675. The predicted molar refractivity (Wildman–Crippen MR) is 126 cm³/mol. The van der Waals surface area contributed by atoms with Crippen molar-refractivity contribution in [3.8, 4) is 11.5 Å². The van der Waals surface area contributed by atoms with Crippen molar-refractivity contribution in [2.24, 2.45) is 0 Å². The van der Waals surface area contributed by atoms with Crippen molar-refractivity contribution in [2.75, 3.05) is 19.5 Å². The second kappa shape index (κ2) is 11.1. The lowest BCUT2D eigenvalue weighted by atomic mass is 10.1. The number of benzene rings is 2. The van der Waals surface area contributed by atoms with Crippen LogP contribution in [0.25, 0.3) is 0 Å². The zero-order chi connectivity index (χ0) is 22.3. The number of nitrogens with one attached hydrogen (secondary N) is 3. The van der Waals surface area contributed by atoms with Gasteiger partial charge in [0.05, 0.1) is 20.6 Å². The lowest BCUT2D eigenvalue weighted by molar-refractivity contribution is -0.121. The van der Waals surface area contributed by atoms with Gasteiger partial charge in [0.2, 0.25) is 9.70 Å². The highest BCUT2D eigenvalue weighted by Gasteiger charge is 2.34. The highest BCUT2D eigenvalue weighted by molar-refractivity contribution is 7.80. The van der Waals surface area contributed by atoms with Gasteiger partial charge in [-0.2, -0.15) is 0 Å². The summed E-state index contributed by atoms with van der Waals surface area (Å²) in [6.07, 6.45) is -1.06. The predicted octanol–water partition coefficient (Wildman–Crippen LogP) is 4.70. The molecule has 3 N–H and O–H groups in total. The van der Waals surface area contributed by atoms with Gasteiger partial charge in [0.25, 0.3) is 0 Å². The van der Waals surface area contributed by atoms with Crippen molar-refractivity contribution in [3.05, 3.63) is 53.1 Å². The molecule has 0 aliphatic carbocycles. The van der Waals surface area contributed by atoms with Gasteiger partial charge in [-0.15, -0.1) is 0 Å². The van der Waals surface area contributed by atoms with E-state index in [2.05, 4.69) is 16.0 Å². The number of rotatable bonds is 7. The smallest absolute Gasteiger partial charge is 0.228 e. The molecule has 1 atom stereocenters. The Bertz CT molecular complexity index is 892. The minimum absolute atomic E-state index is 0.0245. The van der Waals surface area contributed by atoms with Gasteiger partial charge in [-0.25, -0.2) is 0 Å². The molecule has 2 rings (SSSR count). The number of hydrogen-bond acceptors (Lipinski definition) is 4. The fourth-order valence-electron chi connectivity index (χ4n) is 2.42. The summed E-state index contributed by atoms with van der Waals surface area (Å²) in [7, 11) is 3.04. The summed E-state index contributed by atoms with van der Waals surface area (Å²) in [4.78, 5) is 12.5. The third-order valence-electron chi connectivity index (χ3n) is 3.82. The molecule has 1 unspecified atom stereocenters. The van der Waals surface area contributed by atoms with Gasteiger partial charge < -0.3 is 25.4 Å². The summed E-state index contributed by atoms with van der Waals surface area (Å²) >= 11 is 29.1. The maximum absolute atomic E-state index is 12.5. The number of hydrogen-bond donors (Lipinski definition) is 3. The largest absolute Gasteiger partial charge is 0.493 e. The molecule has 0 heterocycles. The zero-order valence-electron chi connectivity index (χ0n) is 16.0. The Hall–Kier alpha value is -1.64. The van der Waals surface area contributed by atoms with E-state index in [0.717, 1.165) is 0 Å². The van der Waals surface area contributed by atoms with E-state index in [1.165, 1.54) is 14.2 Å². The van der Waals surface area contributed by atoms with Crippen LogP contribution in [0.3, 0.4) is 0 Å². The molecule has 0 bridgehead atoms. The average Bonchev–Trinajstić information content (AvgIpc) is 2.68. The number of amides is 1. The maximum Gasteiger partial charge on any atom is 0.228 e. The molecule has 0 saturated heterocycles. The lowest BCUT2D eigenvalue weighted by Crippen LogP contribution is -2.56. The molecule has 1 amide bonds. The lowest BCUT2D eigenvalue weighted by Gasteiger charge is -2.28. The molecule has 162 valence electrons. The molecular formula is C19H19Cl4N3O3S. The quantitative estimate of drug-likeness (QED) is 0.285. The van der Waals surface area contributed by atoms with Crippen molar-refractivity contribution in [3.63, 3.8) is 0 Å². The van der Waals surface area contributed by atoms with Crippen LogP contribution in [0.5, 0.6) is 11.5 Å². The van der Waals surface area contributed by atoms with E-state index < -0.39 is 9.96 Å². The zero-order valence-corrected chi connectivity index (χ0v) is 19.8.